The molecule has 0 amide bonds. The van der Waals surface area contributed by atoms with E-state index in [1.165, 1.54) is 18.4 Å². The largest absolute Gasteiger partial charge is 0.494 e. The van der Waals surface area contributed by atoms with Gasteiger partial charge in [-0.25, -0.2) is 0 Å². The molecule has 4 rings (SSSR count). The molecular weight excluding hydrogens is 382 g/mol. The number of hydrogen-bond donors (Lipinski definition) is 1. The first kappa shape index (κ1) is 21.6. The molecule has 3 aromatic rings. The third-order valence-corrected chi connectivity index (χ3v) is 6.40. The van der Waals surface area contributed by atoms with Crippen molar-refractivity contribution >= 4 is 0 Å². The Morgan fingerprint density at radius 1 is 0.871 bits per heavy atom. The van der Waals surface area contributed by atoms with E-state index < -0.39 is 5.60 Å². The van der Waals surface area contributed by atoms with Gasteiger partial charge in [0.1, 0.15) is 11.4 Å². The first-order valence-electron chi connectivity index (χ1n) is 11.5. The fourth-order valence-corrected chi connectivity index (χ4v) is 4.78. The van der Waals surface area contributed by atoms with Crippen LogP contribution in [-0.2, 0) is 12.0 Å². The zero-order chi connectivity index (χ0) is 21.5. The van der Waals surface area contributed by atoms with Crippen molar-refractivity contribution in [2.45, 2.75) is 37.7 Å². The molecule has 1 heterocycles. The molecule has 0 radical (unpaired) electrons. The fraction of sp³-hybridized carbons (Fsp3) is 0.357. The lowest BCUT2D eigenvalue weighted by atomic mass is 9.73. The number of rotatable bonds is 9. The maximum absolute atomic E-state index is 12.5. The molecule has 0 aromatic heterocycles. The maximum atomic E-state index is 12.5. The van der Waals surface area contributed by atoms with Crippen LogP contribution in [0, 0.1) is 0 Å². The molecule has 0 saturated carbocycles. The predicted molar refractivity (Wildman–Crippen MR) is 127 cm³/mol. The van der Waals surface area contributed by atoms with Crippen LogP contribution < -0.4 is 4.74 Å². The van der Waals surface area contributed by atoms with Gasteiger partial charge in [-0.1, -0.05) is 72.8 Å². The van der Waals surface area contributed by atoms with E-state index in [4.69, 9.17) is 4.74 Å². The highest BCUT2D eigenvalue weighted by atomic mass is 16.5. The van der Waals surface area contributed by atoms with Crippen molar-refractivity contribution in [2.75, 3.05) is 26.2 Å². The molecule has 162 valence electrons. The van der Waals surface area contributed by atoms with Gasteiger partial charge in [-0.3, -0.25) is 0 Å². The summed E-state index contributed by atoms with van der Waals surface area (Å²) in [6.07, 6.45) is 3.04. The van der Waals surface area contributed by atoms with Crippen molar-refractivity contribution in [3.63, 3.8) is 0 Å². The lowest BCUT2D eigenvalue weighted by Crippen LogP contribution is -2.42. The highest BCUT2D eigenvalue weighted by Crippen LogP contribution is 2.41. The van der Waals surface area contributed by atoms with Gasteiger partial charge >= 0.3 is 0 Å². The second-order valence-corrected chi connectivity index (χ2v) is 8.52. The summed E-state index contributed by atoms with van der Waals surface area (Å²) in [5.74, 6) is 0.800. The van der Waals surface area contributed by atoms with Gasteiger partial charge in [0.05, 0.1) is 6.61 Å². The first-order chi connectivity index (χ1) is 15.2. The molecule has 1 aliphatic heterocycles. The highest BCUT2D eigenvalue weighted by Gasteiger charge is 2.40. The zero-order valence-corrected chi connectivity index (χ0v) is 18.4. The maximum Gasteiger partial charge on any atom is 0.119 e. The Morgan fingerprint density at radius 3 is 2.10 bits per heavy atom. The van der Waals surface area contributed by atoms with Crippen molar-refractivity contribution in [3.05, 3.63) is 102 Å². The van der Waals surface area contributed by atoms with Gasteiger partial charge < -0.3 is 14.7 Å². The monoisotopic (exact) mass is 415 g/mol. The van der Waals surface area contributed by atoms with E-state index in [1.54, 1.807) is 0 Å². The molecular formula is C28H33NO2. The summed E-state index contributed by atoms with van der Waals surface area (Å²) >= 11 is 0. The van der Waals surface area contributed by atoms with Gasteiger partial charge in [0.15, 0.2) is 0 Å². The number of benzene rings is 3. The van der Waals surface area contributed by atoms with Crippen molar-refractivity contribution in [1.82, 2.24) is 4.90 Å². The number of ether oxygens (including phenoxy) is 1. The predicted octanol–water partition coefficient (Wildman–Crippen LogP) is 5.40. The minimum atomic E-state index is -1.03. The standard InChI is InChI=1S/C28H33NO2/c1-2-31-26-17-15-25(16-18-26)28(30,21-23-11-5-3-6-12-23)27(22-29-19-9-10-20-29)24-13-7-4-8-14-24/h3-8,11-18,27,30H,2,9-10,19-22H2,1H3/t27-,28+/m1/s1. The molecule has 3 heteroatoms. The second-order valence-electron chi connectivity index (χ2n) is 8.52. The Bertz CT molecular complexity index is 920. The lowest BCUT2D eigenvalue weighted by Gasteiger charge is -2.39. The van der Waals surface area contributed by atoms with Gasteiger partial charge in [-0.2, -0.15) is 0 Å². The van der Waals surface area contributed by atoms with E-state index in [9.17, 15) is 5.11 Å². The number of likely N-dealkylation sites (tertiary alicyclic amines) is 1. The third-order valence-electron chi connectivity index (χ3n) is 6.40. The quantitative estimate of drug-likeness (QED) is 0.508. The highest BCUT2D eigenvalue weighted by molar-refractivity contribution is 5.37. The van der Waals surface area contributed by atoms with E-state index in [0.717, 1.165) is 36.5 Å². The van der Waals surface area contributed by atoms with Crippen LogP contribution in [0.25, 0.3) is 0 Å². The first-order valence-corrected chi connectivity index (χ1v) is 11.5. The van der Waals surface area contributed by atoms with Crippen LogP contribution in [0.3, 0.4) is 0 Å². The van der Waals surface area contributed by atoms with Gasteiger partial charge in [0.2, 0.25) is 0 Å². The zero-order valence-electron chi connectivity index (χ0n) is 18.4. The van der Waals surface area contributed by atoms with Crippen LogP contribution >= 0.6 is 0 Å². The molecule has 1 aliphatic rings. The van der Waals surface area contributed by atoms with Gasteiger partial charge in [-0.05, 0) is 61.7 Å². The minimum absolute atomic E-state index is 0.0371. The van der Waals surface area contributed by atoms with Crippen molar-refractivity contribution in [2.24, 2.45) is 0 Å². The summed E-state index contributed by atoms with van der Waals surface area (Å²) in [6.45, 7) is 5.68. The Labute approximate surface area is 186 Å². The van der Waals surface area contributed by atoms with Gasteiger partial charge in [0.25, 0.3) is 0 Å². The summed E-state index contributed by atoms with van der Waals surface area (Å²) in [5.41, 5.74) is 2.23. The average molecular weight is 416 g/mol. The molecule has 1 N–H and O–H groups in total. The normalized spacial score (nSPS) is 17.2. The lowest BCUT2D eigenvalue weighted by molar-refractivity contribution is -0.00293. The number of hydrogen-bond acceptors (Lipinski definition) is 3. The average Bonchev–Trinajstić information content (AvgIpc) is 3.33. The van der Waals surface area contributed by atoms with Crippen molar-refractivity contribution < 1.29 is 9.84 Å². The SMILES string of the molecule is CCOc1ccc([C@@](O)(Cc2ccccc2)[C@H](CN2CCCC2)c2ccccc2)cc1. The van der Waals surface area contributed by atoms with E-state index in [-0.39, 0.29) is 5.92 Å². The molecule has 2 atom stereocenters. The summed E-state index contributed by atoms with van der Waals surface area (Å²) in [6, 6.07) is 28.9. The summed E-state index contributed by atoms with van der Waals surface area (Å²) < 4.78 is 5.65. The Morgan fingerprint density at radius 2 is 1.48 bits per heavy atom. The molecule has 3 nitrogen and oxygen atoms in total. The third kappa shape index (κ3) is 5.17. The summed E-state index contributed by atoms with van der Waals surface area (Å²) in [4.78, 5) is 2.50. The van der Waals surface area contributed by atoms with Crippen LogP contribution in [0.15, 0.2) is 84.9 Å². The molecule has 31 heavy (non-hydrogen) atoms. The van der Waals surface area contributed by atoms with Gasteiger partial charge in [0, 0.05) is 18.9 Å². The van der Waals surface area contributed by atoms with Crippen molar-refractivity contribution in [3.8, 4) is 5.75 Å². The van der Waals surface area contributed by atoms with Crippen LogP contribution in [0.1, 0.15) is 42.4 Å². The van der Waals surface area contributed by atoms with Crippen LogP contribution in [0.4, 0.5) is 0 Å². The van der Waals surface area contributed by atoms with Crippen LogP contribution in [0.2, 0.25) is 0 Å². The molecule has 3 aromatic carbocycles. The second kappa shape index (κ2) is 10.1. The minimum Gasteiger partial charge on any atom is -0.494 e. The van der Waals surface area contributed by atoms with E-state index in [1.807, 2.05) is 55.5 Å². The molecule has 0 spiro atoms. The fourth-order valence-electron chi connectivity index (χ4n) is 4.78. The van der Waals surface area contributed by atoms with Crippen LogP contribution in [0.5, 0.6) is 5.75 Å². The van der Waals surface area contributed by atoms with E-state index in [0.29, 0.717) is 13.0 Å². The summed E-state index contributed by atoms with van der Waals surface area (Å²) in [5, 5.41) is 12.5. The van der Waals surface area contributed by atoms with Crippen LogP contribution in [-0.4, -0.2) is 36.2 Å². The van der Waals surface area contributed by atoms with E-state index >= 15 is 0 Å². The van der Waals surface area contributed by atoms with Gasteiger partial charge in [-0.15, -0.1) is 0 Å². The summed E-state index contributed by atoms with van der Waals surface area (Å²) in [7, 11) is 0. The Kier molecular flexibility index (Phi) is 7.06. The molecule has 0 unspecified atom stereocenters. The topological polar surface area (TPSA) is 32.7 Å². The Balaban J connectivity index is 1.77. The molecule has 1 fully saturated rings. The number of nitrogens with zero attached hydrogens (tertiary/aromatic N) is 1. The van der Waals surface area contributed by atoms with Crippen molar-refractivity contribution in [1.29, 1.82) is 0 Å². The Hall–Kier alpha value is -2.62. The molecule has 1 saturated heterocycles. The molecule has 0 bridgehead atoms. The number of aliphatic hydroxyl groups is 1. The molecule has 0 aliphatic carbocycles. The van der Waals surface area contributed by atoms with E-state index in [2.05, 4.69) is 41.3 Å². The smallest absolute Gasteiger partial charge is 0.119 e.